The van der Waals surface area contributed by atoms with Gasteiger partial charge in [0.15, 0.2) is 0 Å². The van der Waals surface area contributed by atoms with Crippen LogP contribution in [0.25, 0.3) is 0 Å². The summed E-state index contributed by atoms with van der Waals surface area (Å²) in [5.41, 5.74) is 0.548. The highest BCUT2D eigenvalue weighted by Gasteiger charge is 2.42. The number of thioether (sulfide) groups is 1. The Labute approximate surface area is 379 Å². The number of nitro benzene ring substituents is 1. The van der Waals surface area contributed by atoms with Gasteiger partial charge in [-0.05, 0) is 31.4 Å². The van der Waals surface area contributed by atoms with E-state index in [1.54, 1.807) is 0 Å². The van der Waals surface area contributed by atoms with Crippen LogP contribution < -0.4 is 26.6 Å². The predicted octanol–water partition coefficient (Wildman–Crippen LogP) is 2.00. The van der Waals surface area contributed by atoms with Gasteiger partial charge in [-0.1, -0.05) is 18.4 Å². The van der Waals surface area contributed by atoms with Crippen LogP contribution in [0, 0.1) is 22.5 Å². The van der Waals surface area contributed by atoms with Gasteiger partial charge in [0.25, 0.3) is 5.69 Å². The number of benzene rings is 1. The molecule has 0 spiro atoms. The summed E-state index contributed by atoms with van der Waals surface area (Å²) in [6.07, 6.45) is 6.67. The van der Waals surface area contributed by atoms with E-state index in [2.05, 4.69) is 32.5 Å². The van der Waals surface area contributed by atoms with Crippen molar-refractivity contribution in [2.45, 2.75) is 69.0 Å². The zero-order valence-corrected chi connectivity index (χ0v) is 37.6. The second-order valence-electron chi connectivity index (χ2n) is 14.4. The lowest BCUT2D eigenvalue weighted by atomic mass is 10.0. The third kappa shape index (κ3) is 24.1. The maximum Gasteiger partial charge on any atom is 0.407 e. The number of rotatable bonds is 38. The third-order valence-electron chi connectivity index (χ3n) is 9.56. The number of urea groups is 1. The molecule has 5 N–H and O–H groups in total. The van der Waals surface area contributed by atoms with Crippen LogP contribution in [0.3, 0.4) is 0 Å². The molecule has 0 radical (unpaired) electrons. The summed E-state index contributed by atoms with van der Waals surface area (Å²) >= 11 is 1.88. The first-order valence-corrected chi connectivity index (χ1v) is 22.7. The van der Waals surface area contributed by atoms with E-state index in [0.717, 1.165) is 25.0 Å². The number of unbranched alkanes of at least 4 members (excludes halogenated alkanes) is 1. The summed E-state index contributed by atoms with van der Waals surface area (Å²) in [7, 11) is 0. The maximum absolute atomic E-state index is 12.4. The van der Waals surface area contributed by atoms with Crippen molar-refractivity contribution in [1.29, 1.82) is 0 Å². The van der Waals surface area contributed by atoms with Gasteiger partial charge in [0, 0.05) is 49.5 Å². The van der Waals surface area contributed by atoms with Crippen LogP contribution in [-0.2, 0) is 58.8 Å². The molecule has 5 amide bonds. The number of hydrogen-bond donors (Lipinski definition) is 5. The molecule has 1 aromatic carbocycles. The fourth-order valence-corrected chi connectivity index (χ4v) is 7.87. The average Bonchev–Trinajstić information content (AvgIpc) is 3.84. The van der Waals surface area contributed by atoms with Crippen molar-refractivity contribution in [3.63, 3.8) is 0 Å². The molecule has 3 rings (SSSR count). The largest absolute Gasteiger partial charge is 0.441 e. The summed E-state index contributed by atoms with van der Waals surface area (Å²) < 4.78 is 48.6. The first-order valence-electron chi connectivity index (χ1n) is 21.7. The smallest absolute Gasteiger partial charge is 0.407 e. The minimum absolute atomic E-state index is 0.00598. The lowest BCUT2D eigenvalue weighted by molar-refractivity contribution is -0.386. The number of carbonyl (C=O) groups is 4. The Balaban J connectivity index is 1.10. The van der Waals surface area contributed by atoms with Crippen molar-refractivity contribution in [2.75, 3.05) is 125 Å². The normalized spacial score (nSPS) is 16.9. The van der Waals surface area contributed by atoms with E-state index in [1.807, 2.05) is 11.8 Å². The monoisotopic (exact) mass is 926 g/mol. The molecule has 0 aromatic heterocycles. The summed E-state index contributed by atoms with van der Waals surface area (Å²) in [6, 6.07) is 4.70. The third-order valence-corrected chi connectivity index (χ3v) is 11.1. The highest BCUT2D eigenvalue weighted by atomic mass is 32.2. The van der Waals surface area contributed by atoms with Gasteiger partial charge in [0.1, 0.15) is 12.7 Å². The number of ether oxygens (including phenoxy) is 9. The molecule has 1 aromatic rings. The van der Waals surface area contributed by atoms with Gasteiger partial charge >= 0.3 is 12.1 Å². The van der Waals surface area contributed by atoms with Gasteiger partial charge in [0.2, 0.25) is 11.8 Å². The number of amides is 5. The van der Waals surface area contributed by atoms with Crippen LogP contribution in [0.2, 0.25) is 0 Å². The second kappa shape index (κ2) is 34.1. The first kappa shape index (κ1) is 54.0. The number of terminal acetylenes is 1. The number of alkyl carbamates (subject to hydrolysis) is 1. The number of nitrogens with one attached hydrogen (secondary N) is 5. The van der Waals surface area contributed by atoms with E-state index in [4.69, 9.17) is 49.1 Å². The topological polar surface area (TPSA) is 255 Å². The highest BCUT2D eigenvalue weighted by Crippen LogP contribution is 2.33. The summed E-state index contributed by atoms with van der Waals surface area (Å²) in [4.78, 5) is 59.5. The van der Waals surface area contributed by atoms with E-state index >= 15 is 0 Å². The lowest BCUT2D eigenvalue weighted by Gasteiger charge is -2.16. The fourth-order valence-electron chi connectivity index (χ4n) is 6.33. The number of carbonyl (C=O) groups excluding carboxylic acids is 4. The molecule has 64 heavy (non-hydrogen) atoms. The molecule has 2 heterocycles. The minimum atomic E-state index is -0.954. The number of hydrogen-bond acceptors (Lipinski definition) is 16. The molecule has 0 saturated carbocycles. The molecule has 0 aliphatic carbocycles. The van der Waals surface area contributed by atoms with Crippen LogP contribution in [0.4, 0.5) is 15.3 Å². The van der Waals surface area contributed by atoms with E-state index in [1.165, 1.54) is 25.1 Å². The molecule has 1 unspecified atom stereocenters. The van der Waals surface area contributed by atoms with E-state index in [-0.39, 0.29) is 80.5 Å². The van der Waals surface area contributed by atoms with Crippen molar-refractivity contribution in [3.8, 4) is 12.3 Å². The molecule has 0 bridgehead atoms. The molecule has 2 fully saturated rings. The Hall–Kier alpha value is -4.31. The first-order chi connectivity index (χ1) is 31.2. The van der Waals surface area contributed by atoms with Crippen molar-refractivity contribution in [3.05, 3.63) is 39.4 Å². The van der Waals surface area contributed by atoms with Gasteiger partial charge in [-0.3, -0.25) is 19.7 Å². The van der Waals surface area contributed by atoms with E-state index in [9.17, 15) is 29.3 Å². The van der Waals surface area contributed by atoms with Gasteiger partial charge in [-0.15, -0.1) is 6.42 Å². The Morgan fingerprint density at radius 2 is 1.34 bits per heavy atom. The standard InChI is InChI=1S/C42H66N6O15S/c1-3-13-55-17-21-59-25-27-62-24-20-58-16-12-44-42(52)63-32(2)34-29-33(8-9-36(34)48(53)54)30-45-39(50)10-14-56-18-22-60-26-28-61-23-19-57-15-11-43-38(49)7-5-4-6-37-40-35(31-64-37)46-41(51)47-40/h1,8-9,29,32,35,37,40H,4-7,10-28,30-31H2,2H3,(H,43,49)(H,44,52)(H,45,50)(H2,46,47,51)/t32?,35-,37-,40-/m0/s1. The van der Waals surface area contributed by atoms with Gasteiger partial charge < -0.3 is 69.2 Å². The summed E-state index contributed by atoms with van der Waals surface area (Å²) in [5, 5.41) is 26.2. The molecule has 2 aliphatic heterocycles. The molecule has 2 saturated heterocycles. The van der Waals surface area contributed by atoms with Crippen LogP contribution >= 0.6 is 11.8 Å². The van der Waals surface area contributed by atoms with Crippen LogP contribution in [0.15, 0.2) is 18.2 Å². The minimum Gasteiger partial charge on any atom is -0.441 e. The maximum atomic E-state index is 12.4. The Kier molecular flexibility index (Phi) is 28.8. The molecule has 4 atom stereocenters. The molecule has 2 aliphatic rings. The highest BCUT2D eigenvalue weighted by molar-refractivity contribution is 8.00. The second-order valence-corrected chi connectivity index (χ2v) is 15.7. The number of nitrogens with zero attached hydrogens (tertiary/aromatic N) is 1. The van der Waals surface area contributed by atoms with E-state index < -0.39 is 17.1 Å². The predicted molar refractivity (Wildman–Crippen MR) is 235 cm³/mol. The zero-order valence-electron chi connectivity index (χ0n) is 36.8. The number of nitro groups is 1. The Morgan fingerprint density at radius 1 is 0.781 bits per heavy atom. The fraction of sp³-hybridized carbons (Fsp3) is 0.714. The van der Waals surface area contributed by atoms with Gasteiger partial charge in [-0.25, -0.2) is 9.59 Å². The van der Waals surface area contributed by atoms with Gasteiger partial charge in [0.05, 0.1) is 122 Å². The SMILES string of the molecule is C#CCOCCOCCOCCOCCNC(=O)OC(C)c1cc(CNC(=O)CCOCCOCCOCCOCCNC(=O)CCCC[C@@H]2SC[C@@H]3NC(=O)N[C@@H]32)ccc1[N+](=O)[O-]. The van der Waals surface area contributed by atoms with Crippen LogP contribution in [0.1, 0.15) is 56.3 Å². The molecule has 21 nitrogen and oxygen atoms in total. The van der Waals surface area contributed by atoms with Crippen LogP contribution in [0.5, 0.6) is 0 Å². The van der Waals surface area contributed by atoms with Crippen molar-refractivity contribution in [2.24, 2.45) is 0 Å². The summed E-state index contributed by atoms with van der Waals surface area (Å²) in [6.45, 7) is 7.70. The Morgan fingerprint density at radius 3 is 1.95 bits per heavy atom. The molecule has 360 valence electrons. The summed E-state index contributed by atoms with van der Waals surface area (Å²) in [5.74, 6) is 3.04. The van der Waals surface area contributed by atoms with Crippen molar-refractivity contribution < 1.29 is 66.7 Å². The van der Waals surface area contributed by atoms with Crippen molar-refractivity contribution in [1.82, 2.24) is 26.6 Å². The molecular formula is C42H66N6O15S. The van der Waals surface area contributed by atoms with E-state index in [0.29, 0.717) is 110 Å². The molecule has 22 heteroatoms. The molecular weight excluding hydrogens is 861 g/mol. The lowest BCUT2D eigenvalue weighted by Crippen LogP contribution is -2.36. The van der Waals surface area contributed by atoms with Crippen molar-refractivity contribution >= 4 is 41.4 Å². The Bertz CT molecular complexity index is 1570. The van der Waals surface area contributed by atoms with Crippen LogP contribution in [-0.4, -0.2) is 171 Å². The zero-order chi connectivity index (χ0) is 46.0. The average molecular weight is 927 g/mol. The number of fused-ring (bicyclic) bond motifs is 1. The van der Waals surface area contributed by atoms with Gasteiger partial charge in [-0.2, -0.15) is 11.8 Å². The quantitative estimate of drug-likeness (QED) is 0.0209.